The third-order valence-corrected chi connectivity index (χ3v) is 1.87. The Morgan fingerprint density at radius 2 is 2.50 bits per heavy atom. The molecule has 2 aromatic rings. The van der Waals surface area contributed by atoms with Gasteiger partial charge in [-0.15, -0.1) is 0 Å². The first kappa shape index (κ1) is 8.61. The van der Waals surface area contributed by atoms with E-state index in [0.29, 0.717) is 18.1 Å². The molecular weight excluding hydrogens is 180 g/mol. The molecule has 74 valence electrons. The summed E-state index contributed by atoms with van der Waals surface area (Å²) in [6.07, 6.45) is 5.34. The molecule has 2 heterocycles. The van der Waals surface area contributed by atoms with E-state index in [1.807, 2.05) is 13.2 Å². The fraction of sp³-hybridized carbons (Fsp3) is 0.250. The largest absolute Gasteiger partial charge is 0.394 e. The second-order valence-electron chi connectivity index (χ2n) is 3.07. The Balaban J connectivity index is 2.01. The third-order valence-electron chi connectivity index (χ3n) is 1.87. The Labute approximate surface area is 81.1 Å². The number of anilines is 2. The number of aromatic amines is 1. The van der Waals surface area contributed by atoms with Crippen LogP contribution in [0.3, 0.4) is 0 Å². The van der Waals surface area contributed by atoms with Crippen molar-refractivity contribution in [1.82, 2.24) is 20.0 Å². The van der Waals surface area contributed by atoms with Crippen molar-refractivity contribution in [2.75, 3.05) is 11.1 Å². The fourth-order valence-corrected chi connectivity index (χ4v) is 1.20. The smallest absolute Gasteiger partial charge is 0.171 e. The van der Waals surface area contributed by atoms with Crippen molar-refractivity contribution < 1.29 is 0 Å². The quantitative estimate of drug-likeness (QED) is 0.654. The number of aryl methyl sites for hydroxylation is 1. The van der Waals surface area contributed by atoms with E-state index in [1.54, 1.807) is 17.1 Å². The summed E-state index contributed by atoms with van der Waals surface area (Å²) in [6.45, 7) is 0.664. The Hall–Kier alpha value is -1.98. The van der Waals surface area contributed by atoms with E-state index in [9.17, 15) is 0 Å². The Bertz CT molecular complexity index is 401. The van der Waals surface area contributed by atoms with Gasteiger partial charge in [0.25, 0.3) is 0 Å². The van der Waals surface area contributed by atoms with Crippen molar-refractivity contribution in [2.24, 2.45) is 7.05 Å². The summed E-state index contributed by atoms with van der Waals surface area (Å²) in [7, 11) is 1.83. The zero-order valence-corrected chi connectivity index (χ0v) is 7.86. The molecule has 6 nitrogen and oxygen atoms in total. The molecule has 0 aliphatic rings. The lowest BCUT2D eigenvalue weighted by molar-refractivity contribution is 0.768. The van der Waals surface area contributed by atoms with Crippen LogP contribution in [-0.2, 0) is 13.6 Å². The van der Waals surface area contributed by atoms with Gasteiger partial charge in [0.15, 0.2) is 5.82 Å². The van der Waals surface area contributed by atoms with Crippen LogP contribution in [0.1, 0.15) is 5.56 Å². The second-order valence-corrected chi connectivity index (χ2v) is 3.07. The standard InChI is InChI=1S/C8H12N6/c1-14-5-7(9)8(13-14)10-2-6-3-11-12-4-6/h3-5H,2,9H2,1H3,(H,10,13)(H,11,12). The molecule has 14 heavy (non-hydrogen) atoms. The van der Waals surface area contributed by atoms with Crippen LogP contribution in [0.4, 0.5) is 11.5 Å². The molecule has 4 N–H and O–H groups in total. The maximum atomic E-state index is 5.71. The van der Waals surface area contributed by atoms with Gasteiger partial charge in [-0.05, 0) is 0 Å². The van der Waals surface area contributed by atoms with Crippen molar-refractivity contribution in [3.63, 3.8) is 0 Å². The summed E-state index contributed by atoms with van der Waals surface area (Å²) in [6, 6.07) is 0. The predicted octanol–water partition coefficient (Wildman–Crippen LogP) is 0.337. The van der Waals surface area contributed by atoms with E-state index in [2.05, 4.69) is 20.6 Å². The molecule has 0 aliphatic heterocycles. The number of nitrogens with zero attached hydrogens (tertiary/aromatic N) is 3. The molecule has 2 rings (SSSR count). The highest BCUT2D eigenvalue weighted by Gasteiger charge is 2.03. The highest BCUT2D eigenvalue weighted by Crippen LogP contribution is 2.14. The summed E-state index contributed by atoms with van der Waals surface area (Å²) in [5.41, 5.74) is 7.43. The van der Waals surface area contributed by atoms with Gasteiger partial charge in [-0.3, -0.25) is 9.78 Å². The second kappa shape index (κ2) is 3.41. The monoisotopic (exact) mass is 192 g/mol. The van der Waals surface area contributed by atoms with Gasteiger partial charge >= 0.3 is 0 Å². The number of rotatable bonds is 3. The van der Waals surface area contributed by atoms with E-state index in [-0.39, 0.29) is 0 Å². The van der Waals surface area contributed by atoms with Gasteiger partial charge in [0.05, 0.1) is 11.9 Å². The van der Waals surface area contributed by atoms with E-state index in [1.165, 1.54) is 0 Å². The number of aromatic nitrogens is 4. The molecule has 6 heteroatoms. The number of hydrogen-bond donors (Lipinski definition) is 3. The van der Waals surface area contributed by atoms with Gasteiger partial charge in [-0.25, -0.2) is 0 Å². The molecule has 0 bridgehead atoms. The number of H-pyrrole nitrogens is 1. The maximum absolute atomic E-state index is 5.71. The van der Waals surface area contributed by atoms with E-state index >= 15 is 0 Å². The minimum Gasteiger partial charge on any atom is -0.394 e. The van der Waals surface area contributed by atoms with Gasteiger partial charge in [0.2, 0.25) is 0 Å². The average molecular weight is 192 g/mol. The summed E-state index contributed by atoms with van der Waals surface area (Å²) in [4.78, 5) is 0. The minimum absolute atomic E-state index is 0.649. The van der Waals surface area contributed by atoms with Gasteiger partial charge in [0.1, 0.15) is 0 Å². The lowest BCUT2D eigenvalue weighted by Crippen LogP contribution is -2.01. The minimum atomic E-state index is 0.649. The van der Waals surface area contributed by atoms with Gasteiger partial charge in [0, 0.05) is 31.5 Å². The average Bonchev–Trinajstić information content (AvgIpc) is 2.72. The van der Waals surface area contributed by atoms with Crippen LogP contribution in [0.2, 0.25) is 0 Å². The molecule has 0 aromatic carbocycles. The zero-order valence-electron chi connectivity index (χ0n) is 7.86. The molecule has 0 unspecified atom stereocenters. The van der Waals surface area contributed by atoms with Crippen LogP contribution in [0.15, 0.2) is 18.6 Å². The summed E-state index contributed by atoms with van der Waals surface area (Å²) in [5.74, 6) is 0.703. The molecule has 2 aromatic heterocycles. The fourth-order valence-electron chi connectivity index (χ4n) is 1.20. The molecule has 0 radical (unpaired) electrons. The van der Waals surface area contributed by atoms with Crippen molar-refractivity contribution in [1.29, 1.82) is 0 Å². The van der Waals surface area contributed by atoms with Crippen LogP contribution in [0, 0.1) is 0 Å². The van der Waals surface area contributed by atoms with Gasteiger partial charge < -0.3 is 11.1 Å². The summed E-state index contributed by atoms with van der Waals surface area (Å²) in [5, 5.41) is 13.9. The van der Waals surface area contributed by atoms with Crippen molar-refractivity contribution >= 4 is 11.5 Å². The number of hydrogen-bond acceptors (Lipinski definition) is 4. The Morgan fingerprint density at radius 1 is 1.64 bits per heavy atom. The molecule has 0 saturated carbocycles. The first-order valence-electron chi connectivity index (χ1n) is 4.26. The van der Waals surface area contributed by atoms with Crippen molar-refractivity contribution in [3.8, 4) is 0 Å². The van der Waals surface area contributed by atoms with Gasteiger partial charge in [-0.2, -0.15) is 10.2 Å². The summed E-state index contributed by atoms with van der Waals surface area (Å²) >= 11 is 0. The van der Waals surface area contributed by atoms with Crippen LogP contribution < -0.4 is 11.1 Å². The van der Waals surface area contributed by atoms with E-state index in [0.717, 1.165) is 5.56 Å². The number of nitrogen functional groups attached to an aromatic ring is 1. The molecule has 0 spiro atoms. The zero-order chi connectivity index (χ0) is 9.97. The highest BCUT2D eigenvalue weighted by atomic mass is 15.3. The van der Waals surface area contributed by atoms with Crippen LogP contribution >= 0.6 is 0 Å². The lowest BCUT2D eigenvalue weighted by Gasteiger charge is -2.00. The van der Waals surface area contributed by atoms with Crippen LogP contribution in [0.25, 0.3) is 0 Å². The SMILES string of the molecule is Cn1cc(N)c(NCc2cn[nH]c2)n1. The molecular formula is C8H12N6. The molecule has 0 amide bonds. The van der Waals surface area contributed by atoms with E-state index < -0.39 is 0 Å². The van der Waals surface area contributed by atoms with Gasteiger partial charge in [-0.1, -0.05) is 0 Å². The van der Waals surface area contributed by atoms with Crippen molar-refractivity contribution in [3.05, 3.63) is 24.2 Å². The lowest BCUT2D eigenvalue weighted by atomic mass is 10.3. The van der Waals surface area contributed by atoms with Crippen LogP contribution in [0.5, 0.6) is 0 Å². The van der Waals surface area contributed by atoms with Crippen LogP contribution in [-0.4, -0.2) is 20.0 Å². The third kappa shape index (κ3) is 1.68. The number of nitrogens with one attached hydrogen (secondary N) is 2. The normalized spacial score (nSPS) is 10.4. The maximum Gasteiger partial charge on any atom is 0.171 e. The predicted molar refractivity (Wildman–Crippen MR) is 53.5 cm³/mol. The number of nitrogens with two attached hydrogens (primary N) is 1. The first-order chi connectivity index (χ1) is 6.75. The van der Waals surface area contributed by atoms with Crippen molar-refractivity contribution in [2.45, 2.75) is 6.54 Å². The Morgan fingerprint density at radius 3 is 3.07 bits per heavy atom. The topological polar surface area (TPSA) is 84.5 Å². The molecule has 0 fully saturated rings. The molecule has 0 saturated heterocycles. The summed E-state index contributed by atoms with van der Waals surface area (Å²) < 4.78 is 1.67. The Kier molecular flexibility index (Phi) is 2.10. The first-order valence-corrected chi connectivity index (χ1v) is 4.26. The molecule has 0 aliphatic carbocycles. The molecule has 0 atom stereocenters. The van der Waals surface area contributed by atoms with E-state index in [4.69, 9.17) is 5.73 Å². The highest BCUT2D eigenvalue weighted by molar-refractivity contribution is 5.59.